The van der Waals surface area contributed by atoms with Gasteiger partial charge in [0.2, 0.25) is 0 Å². The van der Waals surface area contributed by atoms with Crippen LogP contribution in [0.25, 0.3) is 0 Å². The molecule has 0 unspecified atom stereocenters. The monoisotopic (exact) mass is 283 g/mol. The number of rotatable bonds is 2. The van der Waals surface area contributed by atoms with E-state index in [1.165, 1.54) is 7.11 Å². The highest BCUT2D eigenvalue weighted by molar-refractivity contribution is 5.93. The minimum Gasteiger partial charge on any atom is -0.452 e. The van der Waals surface area contributed by atoms with Crippen molar-refractivity contribution in [3.63, 3.8) is 0 Å². The van der Waals surface area contributed by atoms with Gasteiger partial charge in [-0.05, 0) is 24.3 Å². The van der Waals surface area contributed by atoms with Crippen LogP contribution in [0.2, 0.25) is 0 Å². The van der Waals surface area contributed by atoms with Crippen molar-refractivity contribution in [2.45, 2.75) is 6.54 Å². The van der Waals surface area contributed by atoms with E-state index in [4.69, 9.17) is 4.74 Å². The summed E-state index contributed by atoms with van der Waals surface area (Å²) in [6.07, 6.45) is 1.48. The Bertz CT molecular complexity index is 630. The lowest BCUT2D eigenvalue weighted by Gasteiger charge is -2.36. The molecule has 2 aromatic rings. The number of anilines is 2. The van der Waals surface area contributed by atoms with Crippen molar-refractivity contribution < 1.29 is 9.53 Å². The SMILES string of the molecule is COC(=O)N1CCN(Cc2ccccn2)c2ccccc21. The Balaban J connectivity index is 1.89. The highest BCUT2D eigenvalue weighted by Gasteiger charge is 2.27. The zero-order valence-corrected chi connectivity index (χ0v) is 11.9. The van der Waals surface area contributed by atoms with Gasteiger partial charge in [0.15, 0.2) is 0 Å². The third-order valence-corrected chi connectivity index (χ3v) is 3.58. The molecule has 108 valence electrons. The van der Waals surface area contributed by atoms with Crippen molar-refractivity contribution in [2.24, 2.45) is 0 Å². The lowest BCUT2D eigenvalue weighted by molar-refractivity contribution is 0.178. The molecule has 0 aliphatic carbocycles. The number of ether oxygens (including phenoxy) is 1. The summed E-state index contributed by atoms with van der Waals surface area (Å²) in [6.45, 7) is 2.09. The van der Waals surface area contributed by atoms with Crippen LogP contribution in [0.4, 0.5) is 16.2 Å². The molecule has 0 saturated carbocycles. The van der Waals surface area contributed by atoms with E-state index in [-0.39, 0.29) is 6.09 Å². The summed E-state index contributed by atoms with van der Waals surface area (Å²) in [6, 6.07) is 13.8. The summed E-state index contributed by atoms with van der Waals surface area (Å²) >= 11 is 0. The van der Waals surface area contributed by atoms with Gasteiger partial charge in [-0.15, -0.1) is 0 Å². The van der Waals surface area contributed by atoms with Gasteiger partial charge in [0.25, 0.3) is 0 Å². The first kappa shape index (κ1) is 13.4. The van der Waals surface area contributed by atoms with Gasteiger partial charge >= 0.3 is 6.09 Å². The van der Waals surface area contributed by atoms with Crippen molar-refractivity contribution in [3.05, 3.63) is 54.4 Å². The number of methoxy groups -OCH3 is 1. The molecule has 5 heteroatoms. The van der Waals surface area contributed by atoms with Crippen LogP contribution < -0.4 is 9.80 Å². The highest BCUT2D eigenvalue weighted by atomic mass is 16.5. The van der Waals surface area contributed by atoms with Gasteiger partial charge in [-0.1, -0.05) is 18.2 Å². The molecule has 1 aliphatic rings. The van der Waals surface area contributed by atoms with Crippen molar-refractivity contribution in [2.75, 3.05) is 30.0 Å². The summed E-state index contributed by atoms with van der Waals surface area (Å²) in [7, 11) is 1.41. The van der Waals surface area contributed by atoms with Crippen LogP contribution in [-0.4, -0.2) is 31.3 Å². The molecule has 0 atom stereocenters. The molecule has 5 nitrogen and oxygen atoms in total. The maximum Gasteiger partial charge on any atom is 0.414 e. The van der Waals surface area contributed by atoms with Gasteiger partial charge in [0.05, 0.1) is 30.7 Å². The molecule has 0 saturated heterocycles. The number of pyridine rings is 1. The average Bonchev–Trinajstić information content (AvgIpc) is 2.55. The number of carbonyl (C=O) groups is 1. The van der Waals surface area contributed by atoms with Crippen LogP contribution in [0.15, 0.2) is 48.7 Å². The molecule has 1 aliphatic heterocycles. The number of carbonyl (C=O) groups excluding carboxylic acids is 1. The van der Waals surface area contributed by atoms with Gasteiger partial charge in [0, 0.05) is 19.3 Å². The number of benzene rings is 1. The molecule has 0 radical (unpaired) electrons. The van der Waals surface area contributed by atoms with Gasteiger partial charge in [-0.3, -0.25) is 9.88 Å². The van der Waals surface area contributed by atoms with Crippen LogP contribution in [0, 0.1) is 0 Å². The quantitative estimate of drug-likeness (QED) is 0.850. The van der Waals surface area contributed by atoms with E-state index in [0.717, 1.165) is 30.2 Å². The fourth-order valence-corrected chi connectivity index (χ4v) is 2.57. The van der Waals surface area contributed by atoms with Crippen molar-refractivity contribution in [1.82, 2.24) is 4.98 Å². The number of nitrogens with zero attached hydrogens (tertiary/aromatic N) is 3. The Kier molecular flexibility index (Phi) is 3.73. The van der Waals surface area contributed by atoms with Crippen LogP contribution in [0.5, 0.6) is 0 Å². The summed E-state index contributed by atoms with van der Waals surface area (Å²) < 4.78 is 4.86. The molecule has 0 fully saturated rings. The average molecular weight is 283 g/mol. The predicted octanol–water partition coefficient (Wildman–Crippen LogP) is 2.67. The van der Waals surface area contributed by atoms with Crippen molar-refractivity contribution in [1.29, 1.82) is 0 Å². The molecule has 0 N–H and O–H groups in total. The second-order valence-electron chi connectivity index (χ2n) is 4.85. The van der Waals surface area contributed by atoms with Crippen LogP contribution in [0.3, 0.4) is 0 Å². The fourth-order valence-electron chi connectivity index (χ4n) is 2.57. The second-order valence-corrected chi connectivity index (χ2v) is 4.85. The van der Waals surface area contributed by atoms with Crippen LogP contribution in [-0.2, 0) is 11.3 Å². The molecular weight excluding hydrogens is 266 g/mol. The van der Waals surface area contributed by atoms with E-state index in [1.54, 1.807) is 11.1 Å². The van der Waals surface area contributed by atoms with Gasteiger partial charge in [-0.2, -0.15) is 0 Å². The number of aromatic nitrogens is 1. The third-order valence-electron chi connectivity index (χ3n) is 3.58. The molecule has 21 heavy (non-hydrogen) atoms. The molecule has 0 bridgehead atoms. The maximum absolute atomic E-state index is 11.9. The van der Waals surface area contributed by atoms with Gasteiger partial charge < -0.3 is 9.64 Å². The smallest absolute Gasteiger partial charge is 0.414 e. The van der Waals surface area contributed by atoms with E-state index in [2.05, 4.69) is 9.88 Å². The molecule has 3 rings (SSSR count). The molecule has 1 amide bonds. The van der Waals surface area contributed by atoms with E-state index < -0.39 is 0 Å². The minimum absolute atomic E-state index is 0.320. The number of hydrogen-bond acceptors (Lipinski definition) is 4. The summed E-state index contributed by atoms with van der Waals surface area (Å²) in [4.78, 5) is 20.1. The van der Waals surface area contributed by atoms with Crippen molar-refractivity contribution >= 4 is 17.5 Å². The lowest BCUT2D eigenvalue weighted by atomic mass is 10.1. The Hall–Kier alpha value is -2.56. The maximum atomic E-state index is 11.9. The van der Waals surface area contributed by atoms with Gasteiger partial charge in [0.1, 0.15) is 0 Å². The molecule has 2 heterocycles. The van der Waals surface area contributed by atoms with Gasteiger partial charge in [-0.25, -0.2) is 4.79 Å². The predicted molar refractivity (Wildman–Crippen MR) is 81.5 cm³/mol. The normalized spacial score (nSPS) is 13.8. The zero-order valence-electron chi connectivity index (χ0n) is 11.9. The number of para-hydroxylation sites is 2. The van der Waals surface area contributed by atoms with E-state index in [9.17, 15) is 4.79 Å². The molecule has 1 aromatic heterocycles. The number of fused-ring (bicyclic) bond motifs is 1. The first-order chi connectivity index (χ1) is 10.3. The van der Waals surface area contributed by atoms with E-state index >= 15 is 0 Å². The summed E-state index contributed by atoms with van der Waals surface area (Å²) in [5.41, 5.74) is 2.92. The largest absolute Gasteiger partial charge is 0.452 e. The number of amides is 1. The Labute approximate surface area is 123 Å². The van der Waals surface area contributed by atoms with E-state index in [0.29, 0.717) is 6.54 Å². The van der Waals surface area contributed by atoms with Crippen LogP contribution >= 0.6 is 0 Å². The van der Waals surface area contributed by atoms with E-state index in [1.807, 2.05) is 42.5 Å². The Morgan fingerprint density at radius 3 is 2.62 bits per heavy atom. The Morgan fingerprint density at radius 2 is 1.90 bits per heavy atom. The highest BCUT2D eigenvalue weighted by Crippen LogP contribution is 2.33. The van der Waals surface area contributed by atoms with Crippen LogP contribution in [0.1, 0.15) is 5.69 Å². The topological polar surface area (TPSA) is 45.7 Å². The molecule has 0 spiro atoms. The fraction of sp³-hybridized carbons (Fsp3) is 0.250. The standard InChI is InChI=1S/C16H17N3O2/c1-21-16(20)19-11-10-18(12-13-6-4-5-9-17-13)14-7-2-3-8-15(14)19/h2-9H,10-12H2,1H3. The van der Waals surface area contributed by atoms with Crippen molar-refractivity contribution in [3.8, 4) is 0 Å². The molecular formula is C16H17N3O2. The molecule has 1 aromatic carbocycles. The third kappa shape index (κ3) is 2.67. The Morgan fingerprint density at radius 1 is 1.14 bits per heavy atom. The minimum atomic E-state index is -0.320. The second kappa shape index (κ2) is 5.83. The first-order valence-corrected chi connectivity index (χ1v) is 6.89. The summed E-state index contributed by atoms with van der Waals surface area (Å²) in [5, 5.41) is 0. The first-order valence-electron chi connectivity index (χ1n) is 6.89. The summed E-state index contributed by atoms with van der Waals surface area (Å²) in [5.74, 6) is 0. The lowest BCUT2D eigenvalue weighted by Crippen LogP contribution is -2.43. The number of hydrogen-bond donors (Lipinski definition) is 0. The zero-order chi connectivity index (χ0) is 14.7.